The first-order chi connectivity index (χ1) is 8.08. The van der Waals surface area contributed by atoms with E-state index in [0.29, 0.717) is 11.3 Å². The maximum Gasteiger partial charge on any atom is 0.170 e. The fourth-order valence-corrected chi connectivity index (χ4v) is 1.55. The molecule has 0 aliphatic carbocycles. The first-order valence-corrected chi connectivity index (χ1v) is 5.09. The summed E-state index contributed by atoms with van der Waals surface area (Å²) in [6.07, 6.45) is 0.980. The molecule has 0 saturated heterocycles. The van der Waals surface area contributed by atoms with E-state index >= 15 is 0 Å². The highest BCUT2D eigenvalue weighted by molar-refractivity contribution is 5.97. The predicted octanol–water partition coefficient (Wildman–Crippen LogP) is 3.29. The molecule has 88 valence electrons. The van der Waals surface area contributed by atoms with Gasteiger partial charge in [-0.3, -0.25) is 4.79 Å². The summed E-state index contributed by atoms with van der Waals surface area (Å²) in [4.78, 5) is 11.7. The molecule has 0 radical (unpaired) electrons. The first-order valence-electron chi connectivity index (χ1n) is 5.09. The Kier molecular flexibility index (Phi) is 3.04. The third-order valence-corrected chi connectivity index (χ3v) is 2.45. The van der Waals surface area contributed by atoms with Gasteiger partial charge in [-0.05, 0) is 25.1 Å². The zero-order chi connectivity index (χ0) is 12.4. The van der Waals surface area contributed by atoms with E-state index in [1.807, 2.05) is 0 Å². The number of aryl methyl sites for hydroxylation is 1. The third-order valence-electron chi connectivity index (χ3n) is 2.45. The van der Waals surface area contributed by atoms with Crippen LogP contribution in [0.25, 0.3) is 0 Å². The lowest BCUT2D eigenvalue weighted by Crippen LogP contribution is -2.06. The topological polar surface area (TPSA) is 30.2 Å². The number of halogens is 2. The molecular formula is C13H10F2O2. The van der Waals surface area contributed by atoms with Crippen LogP contribution in [0.4, 0.5) is 8.78 Å². The van der Waals surface area contributed by atoms with Gasteiger partial charge in [0, 0.05) is 12.0 Å². The van der Waals surface area contributed by atoms with Crippen LogP contribution in [-0.2, 0) is 6.42 Å². The highest BCUT2D eigenvalue weighted by Crippen LogP contribution is 2.16. The highest BCUT2D eigenvalue weighted by Gasteiger charge is 2.15. The van der Waals surface area contributed by atoms with E-state index in [1.54, 1.807) is 13.0 Å². The van der Waals surface area contributed by atoms with Crippen molar-refractivity contribution in [2.45, 2.75) is 13.3 Å². The van der Waals surface area contributed by atoms with E-state index < -0.39 is 11.6 Å². The van der Waals surface area contributed by atoms with E-state index in [2.05, 4.69) is 0 Å². The summed E-state index contributed by atoms with van der Waals surface area (Å²) in [5.41, 5.74) is 0.113. The largest absolute Gasteiger partial charge is 0.469 e. The van der Waals surface area contributed by atoms with Crippen LogP contribution in [0.15, 0.2) is 34.9 Å². The fourth-order valence-electron chi connectivity index (χ4n) is 1.55. The van der Waals surface area contributed by atoms with E-state index in [4.69, 9.17) is 4.42 Å². The number of carbonyl (C=O) groups is 1. The van der Waals surface area contributed by atoms with Crippen molar-refractivity contribution in [3.63, 3.8) is 0 Å². The molecule has 0 amide bonds. The van der Waals surface area contributed by atoms with Crippen LogP contribution in [0.1, 0.15) is 21.7 Å². The summed E-state index contributed by atoms with van der Waals surface area (Å²) in [5.74, 6) is -1.20. The molecular weight excluding hydrogens is 226 g/mol. The minimum Gasteiger partial charge on any atom is -0.469 e. The predicted molar refractivity (Wildman–Crippen MR) is 57.8 cm³/mol. The average molecular weight is 236 g/mol. The van der Waals surface area contributed by atoms with Gasteiger partial charge in [-0.2, -0.15) is 0 Å². The molecule has 2 nitrogen and oxygen atoms in total. The van der Waals surface area contributed by atoms with Crippen LogP contribution in [-0.4, -0.2) is 5.78 Å². The van der Waals surface area contributed by atoms with Gasteiger partial charge in [0.05, 0.1) is 5.56 Å². The summed E-state index contributed by atoms with van der Waals surface area (Å²) in [6, 6.07) is 5.07. The second kappa shape index (κ2) is 4.49. The lowest BCUT2D eigenvalue weighted by atomic mass is 10.0. The number of ketones is 1. The monoisotopic (exact) mass is 236 g/mol. The zero-order valence-corrected chi connectivity index (χ0v) is 9.17. The van der Waals surface area contributed by atoms with E-state index in [9.17, 15) is 13.6 Å². The van der Waals surface area contributed by atoms with Gasteiger partial charge in [-0.25, -0.2) is 8.78 Å². The number of hydrogen-bond acceptors (Lipinski definition) is 2. The minimum absolute atomic E-state index is 0.212. The first kappa shape index (κ1) is 11.5. The van der Waals surface area contributed by atoms with Crippen LogP contribution in [0.5, 0.6) is 0 Å². The minimum atomic E-state index is -0.710. The number of benzene rings is 1. The highest BCUT2D eigenvalue weighted by atomic mass is 19.1. The Balaban J connectivity index is 2.24. The normalized spacial score (nSPS) is 10.5. The SMILES string of the molecule is Cc1cc(C(=O)Cc2c(F)cccc2F)co1. The summed E-state index contributed by atoms with van der Waals surface area (Å²) < 4.78 is 31.6. The van der Waals surface area contributed by atoms with Gasteiger partial charge in [-0.1, -0.05) is 6.07 Å². The summed E-state index contributed by atoms with van der Waals surface area (Å²) in [7, 11) is 0. The Hall–Kier alpha value is -1.97. The number of carbonyl (C=O) groups excluding carboxylic acids is 1. The molecule has 17 heavy (non-hydrogen) atoms. The van der Waals surface area contributed by atoms with Crippen molar-refractivity contribution in [2.75, 3.05) is 0 Å². The molecule has 0 atom stereocenters. The van der Waals surface area contributed by atoms with Crippen molar-refractivity contribution in [1.82, 2.24) is 0 Å². The quantitative estimate of drug-likeness (QED) is 0.765. The zero-order valence-electron chi connectivity index (χ0n) is 9.17. The number of Topliss-reactive ketones (excluding diaryl/α,β-unsaturated/α-hetero) is 1. The second-order valence-electron chi connectivity index (χ2n) is 3.75. The van der Waals surface area contributed by atoms with Gasteiger partial charge in [0.1, 0.15) is 23.7 Å². The van der Waals surface area contributed by atoms with Crippen LogP contribution < -0.4 is 0 Å². The van der Waals surface area contributed by atoms with Gasteiger partial charge in [0.2, 0.25) is 0 Å². The Morgan fingerprint density at radius 1 is 1.29 bits per heavy atom. The lowest BCUT2D eigenvalue weighted by Gasteiger charge is -2.02. The molecule has 0 unspecified atom stereocenters. The number of hydrogen-bond donors (Lipinski definition) is 0. The second-order valence-corrected chi connectivity index (χ2v) is 3.75. The molecule has 1 aromatic carbocycles. The molecule has 0 fully saturated rings. The summed E-state index contributed by atoms with van der Waals surface area (Å²) in [6.45, 7) is 1.69. The van der Waals surface area contributed by atoms with Crippen molar-refractivity contribution in [1.29, 1.82) is 0 Å². The average Bonchev–Trinajstić information content (AvgIpc) is 2.70. The molecule has 2 rings (SSSR count). The van der Waals surface area contributed by atoms with Gasteiger partial charge < -0.3 is 4.42 Å². The van der Waals surface area contributed by atoms with Crippen molar-refractivity contribution >= 4 is 5.78 Å². The molecule has 1 heterocycles. The van der Waals surface area contributed by atoms with Crippen molar-refractivity contribution in [3.05, 3.63) is 59.1 Å². The van der Waals surface area contributed by atoms with E-state index in [1.165, 1.54) is 12.3 Å². The molecule has 0 N–H and O–H groups in total. The Labute approximate surface area is 96.9 Å². The maximum atomic E-state index is 13.3. The van der Waals surface area contributed by atoms with Gasteiger partial charge in [-0.15, -0.1) is 0 Å². The van der Waals surface area contributed by atoms with Gasteiger partial charge in [0.25, 0.3) is 0 Å². The molecule has 4 heteroatoms. The smallest absolute Gasteiger partial charge is 0.170 e. The molecule has 1 aromatic heterocycles. The molecule has 0 aliphatic rings. The number of rotatable bonds is 3. The van der Waals surface area contributed by atoms with Crippen molar-refractivity contribution in [2.24, 2.45) is 0 Å². The molecule has 0 spiro atoms. The van der Waals surface area contributed by atoms with Gasteiger partial charge in [0.15, 0.2) is 5.78 Å². The Bertz CT molecular complexity index is 538. The fraction of sp³-hybridized carbons (Fsp3) is 0.154. The number of furan rings is 1. The Morgan fingerprint density at radius 3 is 2.47 bits per heavy atom. The standard InChI is InChI=1S/C13H10F2O2/c1-8-5-9(7-17-8)13(16)6-10-11(14)3-2-4-12(10)15/h2-5,7H,6H2,1H3. The molecule has 0 aliphatic heterocycles. The Morgan fingerprint density at radius 2 is 1.94 bits per heavy atom. The summed E-state index contributed by atoms with van der Waals surface area (Å²) >= 11 is 0. The van der Waals surface area contributed by atoms with E-state index in [0.717, 1.165) is 12.1 Å². The lowest BCUT2D eigenvalue weighted by molar-refractivity contribution is 0.0990. The molecule has 0 bridgehead atoms. The third kappa shape index (κ3) is 2.41. The maximum absolute atomic E-state index is 13.3. The van der Waals surface area contributed by atoms with Crippen LogP contribution in [0.2, 0.25) is 0 Å². The molecule has 2 aromatic rings. The van der Waals surface area contributed by atoms with Crippen LogP contribution in [0.3, 0.4) is 0 Å². The van der Waals surface area contributed by atoms with Crippen molar-refractivity contribution < 1.29 is 18.0 Å². The van der Waals surface area contributed by atoms with Crippen LogP contribution >= 0.6 is 0 Å². The van der Waals surface area contributed by atoms with Gasteiger partial charge >= 0.3 is 0 Å². The molecule has 0 saturated carbocycles. The summed E-state index contributed by atoms with van der Waals surface area (Å²) in [5, 5.41) is 0. The van der Waals surface area contributed by atoms with E-state index in [-0.39, 0.29) is 17.8 Å². The van der Waals surface area contributed by atoms with Crippen LogP contribution in [0, 0.1) is 18.6 Å². The van der Waals surface area contributed by atoms with Crippen molar-refractivity contribution in [3.8, 4) is 0 Å².